The van der Waals surface area contributed by atoms with Crippen molar-refractivity contribution >= 4 is 5.97 Å². The highest BCUT2D eigenvalue weighted by Gasteiger charge is 2.36. The molecule has 132 valence electrons. The third-order valence-corrected chi connectivity index (χ3v) is 4.85. The molecule has 0 rings (SSSR count). The summed E-state index contributed by atoms with van der Waals surface area (Å²) in [6.07, 6.45) is 9.66. The zero-order chi connectivity index (χ0) is 17.0. The van der Waals surface area contributed by atoms with Crippen LogP contribution in [0.2, 0.25) is 0 Å². The van der Waals surface area contributed by atoms with Gasteiger partial charge < -0.3 is 9.84 Å². The summed E-state index contributed by atoms with van der Waals surface area (Å²) in [5.74, 6) is 0.110. The van der Waals surface area contributed by atoms with Gasteiger partial charge in [0, 0.05) is 0 Å². The van der Waals surface area contributed by atoms with Crippen molar-refractivity contribution in [3.05, 3.63) is 0 Å². The molecular formula is C19H38O3. The van der Waals surface area contributed by atoms with Crippen molar-refractivity contribution in [3.63, 3.8) is 0 Å². The molecule has 0 aromatic rings. The van der Waals surface area contributed by atoms with Crippen LogP contribution in [-0.4, -0.2) is 23.3 Å². The maximum absolute atomic E-state index is 11.7. The molecule has 0 saturated carbocycles. The van der Waals surface area contributed by atoms with Gasteiger partial charge in [-0.05, 0) is 31.6 Å². The van der Waals surface area contributed by atoms with E-state index in [0.717, 1.165) is 32.1 Å². The summed E-state index contributed by atoms with van der Waals surface area (Å²) in [6.45, 7) is 11.0. The molecular weight excluding hydrogens is 276 g/mol. The lowest BCUT2D eigenvalue weighted by molar-refractivity contribution is -0.168. The van der Waals surface area contributed by atoms with E-state index in [1.807, 2.05) is 0 Å². The van der Waals surface area contributed by atoms with Crippen LogP contribution in [0.1, 0.15) is 92.4 Å². The summed E-state index contributed by atoms with van der Waals surface area (Å²) in [4.78, 5) is 11.7. The van der Waals surface area contributed by atoms with E-state index in [9.17, 15) is 9.90 Å². The van der Waals surface area contributed by atoms with E-state index in [1.165, 1.54) is 19.3 Å². The number of hydrogen-bond acceptors (Lipinski definition) is 2. The van der Waals surface area contributed by atoms with E-state index in [0.29, 0.717) is 24.9 Å². The number of carboxylic acids is 1. The molecule has 3 nitrogen and oxygen atoms in total. The van der Waals surface area contributed by atoms with Crippen molar-refractivity contribution < 1.29 is 14.6 Å². The lowest BCUT2D eigenvalue weighted by Crippen LogP contribution is -2.41. The quantitative estimate of drug-likeness (QED) is 0.449. The van der Waals surface area contributed by atoms with Gasteiger partial charge in [-0.1, -0.05) is 72.6 Å². The molecule has 0 spiro atoms. The van der Waals surface area contributed by atoms with Crippen LogP contribution >= 0.6 is 0 Å². The predicted octanol–water partition coefficient (Wildman–Crippen LogP) is 5.67. The first kappa shape index (κ1) is 21.4. The SMILES string of the molecule is CCCCC(CC)COC(C)(CC(CC)CCCC)C(=O)O. The average molecular weight is 315 g/mol. The van der Waals surface area contributed by atoms with Crippen LogP contribution in [0.5, 0.6) is 0 Å². The Morgan fingerprint density at radius 3 is 1.91 bits per heavy atom. The van der Waals surface area contributed by atoms with Gasteiger partial charge in [-0.25, -0.2) is 4.79 Å². The highest BCUT2D eigenvalue weighted by atomic mass is 16.5. The number of carboxylic acid groups (broad SMARTS) is 1. The minimum atomic E-state index is -1.03. The summed E-state index contributed by atoms with van der Waals surface area (Å²) >= 11 is 0. The van der Waals surface area contributed by atoms with Crippen LogP contribution in [0, 0.1) is 11.8 Å². The van der Waals surface area contributed by atoms with Gasteiger partial charge in [0.2, 0.25) is 0 Å². The molecule has 0 bridgehead atoms. The third kappa shape index (κ3) is 8.17. The Morgan fingerprint density at radius 2 is 1.50 bits per heavy atom. The lowest BCUT2D eigenvalue weighted by atomic mass is 9.86. The average Bonchev–Trinajstić information content (AvgIpc) is 2.51. The molecule has 0 aliphatic heterocycles. The Morgan fingerprint density at radius 1 is 1.00 bits per heavy atom. The predicted molar refractivity (Wildman–Crippen MR) is 93.2 cm³/mol. The minimum Gasteiger partial charge on any atom is -0.479 e. The molecule has 0 aromatic heterocycles. The van der Waals surface area contributed by atoms with Crippen molar-refractivity contribution in [3.8, 4) is 0 Å². The number of hydrogen-bond donors (Lipinski definition) is 1. The summed E-state index contributed by atoms with van der Waals surface area (Å²) < 4.78 is 5.95. The van der Waals surface area contributed by atoms with E-state index in [1.54, 1.807) is 6.92 Å². The van der Waals surface area contributed by atoms with E-state index in [2.05, 4.69) is 27.7 Å². The molecule has 1 N–H and O–H groups in total. The van der Waals surface area contributed by atoms with E-state index < -0.39 is 11.6 Å². The molecule has 0 aromatic carbocycles. The minimum absolute atomic E-state index is 0.441. The highest BCUT2D eigenvalue weighted by molar-refractivity contribution is 5.76. The van der Waals surface area contributed by atoms with Gasteiger partial charge in [-0.15, -0.1) is 0 Å². The molecule has 3 heteroatoms. The zero-order valence-corrected chi connectivity index (χ0v) is 15.5. The molecule has 0 aliphatic rings. The second-order valence-electron chi connectivity index (χ2n) is 6.88. The normalized spacial score (nSPS) is 17.0. The fourth-order valence-corrected chi connectivity index (χ4v) is 2.90. The van der Waals surface area contributed by atoms with Crippen molar-refractivity contribution in [1.29, 1.82) is 0 Å². The van der Waals surface area contributed by atoms with Crippen molar-refractivity contribution in [2.75, 3.05) is 6.61 Å². The summed E-state index contributed by atoms with van der Waals surface area (Å²) in [5, 5.41) is 9.64. The molecule has 0 radical (unpaired) electrons. The van der Waals surface area contributed by atoms with Crippen LogP contribution < -0.4 is 0 Å². The standard InChI is InChI=1S/C19H38O3/c1-6-10-12-16(8-3)14-19(5,18(20)21)22-15-17(9-4)13-11-7-2/h16-17H,6-15H2,1-5H3,(H,20,21). The van der Waals surface area contributed by atoms with Gasteiger partial charge >= 0.3 is 5.97 Å². The van der Waals surface area contributed by atoms with Crippen LogP contribution in [0.25, 0.3) is 0 Å². The Balaban J connectivity index is 4.61. The van der Waals surface area contributed by atoms with Crippen LogP contribution in [-0.2, 0) is 9.53 Å². The molecule has 0 saturated heterocycles. The van der Waals surface area contributed by atoms with Crippen LogP contribution in [0.15, 0.2) is 0 Å². The molecule has 3 unspecified atom stereocenters. The molecule has 3 atom stereocenters. The zero-order valence-electron chi connectivity index (χ0n) is 15.5. The van der Waals surface area contributed by atoms with E-state index in [-0.39, 0.29) is 0 Å². The maximum atomic E-state index is 11.7. The van der Waals surface area contributed by atoms with Gasteiger partial charge in [0.15, 0.2) is 5.60 Å². The van der Waals surface area contributed by atoms with Gasteiger partial charge in [0.25, 0.3) is 0 Å². The lowest BCUT2D eigenvalue weighted by Gasteiger charge is -2.31. The van der Waals surface area contributed by atoms with Crippen LogP contribution in [0.3, 0.4) is 0 Å². The number of aliphatic carboxylic acids is 1. The number of ether oxygens (including phenoxy) is 1. The Labute approximate surface area is 137 Å². The Bertz CT molecular complexity index is 290. The first-order valence-corrected chi connectivity index (χ1v) is 9.30. The number of carbonyl (C=O) groups is 1. The molecule has 0 heterocycles. The molecule has 0 aliphatic carbocycles. The van der Waals surface area contributed by atoms with Gasteiger partial charge in [0.1, 0.15) is 0 Å². The summed E-state index contributed by atoms with van der Waals surface area (Å²) in [6, 6.07) is 0. The molecule has 0 fully saturated rings. The summed E-state index contributed by atoms with van der Waals surface area (Å²) in [5.41, 5.74) is -1.03. The second-order valence-corrected chi connectivity index (χ2v) is 6.88. The fourth-order valence-electron chi connectivity index (χ4n) is 2.90. The topological polar surface area (TPSA) is 46.5 Å². The van der Waals surface area contributed by atoms with Crippen molar-refractivity contribution in [2.45, 2.75) is 98.0 Å². The third-order valence-electron chi connectivity index (χ3n) is 4.85. The first-order chi connectivity index (χ1) is 10.4. The van der Waals surface area contributed by atoms with Gasteiger partial charge in [-0.2, -0.15) is 0 Å². The highest BCUT2D eigenvalue weighted by Crippen LogP contribution is 2.28. The number of rotatable bonds is 14. The molecule has 22 heavy (non-hydrogen) atoms. The van der Waals surface area contributed by atoms with E-state index >= 15 is 0 Å². The second kappa shape index (κ2) is 11.9. The molecule has 0 amide bonds. The van der Waals surface area contributed by atoms with E-state index in [4.69, 9.17) is 4.74 Å². The number of unbranched alkanes of at least 4 members (excludes halogenated alkanes) is 2. The van der Waals surface area contributed by atoms with Gasteiger partial charge in [-0.3, -0.25) is 0 Å². The van der Waals surface area contributed by atoms with Crippen molar-refractivity contribution in [1.82, 2.24) is 0 Å². The Hall–Kier alpha value is -0.570. The monoisotopic (exact) mass is 314 g/mol. The maximum Gasteiger partial charge on any atom is 0.335 e. The largest absolute Gasteiger partial charge is 0.479 e. The Kier molecular flexibility index (Phi) is 11.6. The fraction of sp³-hybridized carbons (Fsp3) is 0.947. The van der Waals surface area contributed by atoms with Crippen molar-refractivity contribution in [2.24, 2.45) is 11.8 Å². The van der Waals surface area contributed by atoms with Gasteiger partial charge in [0.05, 0.1) is 6.61 Å². The van der Waals surface area contributed by atoms with Crippen LogP contribution in [0.4, 0.5) is 0 Å². The smallest absolute Gasteiger partial charge is 0.335 e. The first-order valence-electron chi connectivity index (χ1n) is 9.30. The summed E-state index contributed by atoms with van der Waals surface area (Å²) in [7, 11) is 0.